The topological polar surface area (TPSA) is 44.8 Å². The zero-order valence-corrected chi connectivity index (χ0v) is 18.7. The first kappa shape index (κ1) is 21.0. The number of benzene rings is 2. The minimum atomic E-state index is -0.0406. The predicted molar refractivity (Wildman–Crippen MR) is 121 cm³/mol. The highest BCUT2D eigenvalue weighted by molar-refractivity contribution is 6.30. The number of urea groups is 1. The van der Waals surface area contributed by atoms with Gasteiger partial charge in [0, 0.05) is 53.9 Å². The fraction of sp³-hybridized carbons (Fsp3) is 0.458. The highest BCUT2D eigenvalue weighted by atomic mass is 35.5. The second-order valence-corrected chi connectivity index (χ2v) is 9.17. The van der Waals surface area contributed by atoms with Gasteiger partial charge in [0.2, 0.25) is 0 Å². The number of anilines is 1. The number of carbonyl (C=O) groups is 1. The zero-order chi connectivity index (χ0) is 21.3. The minimum absolute atomic E-state index is 0.0406. The first-order valence-electron chi connectivity index (χ1n) is 10.6. The first-order valence-corrected chi connectivity index (χ1v) is 11.0. The van der Waals surface area contributed by atoms with Gasteiger partial charge in [0.05, 0.1) is 7.11 Å². The second kappa shape index (κ2) is 8.48. The van der Waals surface area contributed by atoms with Gasteiger partial charge in [-0.15, -0.1) is 0 Å². The van der Waals surface area contributed by atoms with E-state index in [2.05, 4.69) is 36.2 Å². The third-order valence-corrected chi connectivity index (χ3v) is 6.88. The Morgan fingerprint density at radius 2 is 1.87 bits per heavy atom. The van der Waals surface area contributed by atoms with Crippen LogP contribution in [0.15, 0.2) is 48.5 Å². The molecule has 0 radical (unpaired) electrons. The maximum absolute atomic E-state index is 12.8. The van der Waals surface area contributed by atoms with E-state index in [1.54, 1.807) is 7.11 Å². The Morgan fingerprint density at radius 3 is 2.50 bits per heavy atom. The molecule has 1 unspecified atom stereocenters. The predicted octanol–water partition coefficient (Wildman–Crippen LogP) is 5.43. The molecular weight excluding hydrogens is 398 g/mol. The van der Waals surface area contributed by atoms with Gasteiger partial charge < -0.3 is 15.0 Å². The number of methoxy groups -OCH3 is 1. The van der Waals surface area contributed by atoms with Crippen LogP contribution in [0.1, 0.15) is 38.3 Å². The van der Waals surface area contributed by atoms with Crippen molar-refractivity contribution >= 4 is 23.3 Å². The molecule has 160 valence electrons. The summed E-state index contributed by atoms with van der Waals surface area (Å²) in [5, 5.41) is 3.78. The molecule has 2 heterocycles. The highest BCUT2D eigenvalue weighted by Crippen LogP contribution is 2.55. The number of carbonyl (C=O) groups excluding carboxylic acids is 1. The fourth-order valence-corrected chi connectivity index (χ4v) is 5.07. The molecule has 4 rings (SSSR count). The van der Waals surface area contributed by atoms with Gasteiger partial charge in [-0.3, -0.25) is 4.90 Å². The van der Waals surface area contributed by atoms with Gasteiger partial charge in [-0.25, -0.2) is 4.79 Å². The van der Waals surface area contributed by atoms with Crippen LogP contribution in [-0.2, 0) is 0 Å². The van der Waals surface area contributed by atoms with Crippen molar-refractivity contribution in [2.75, 3.05) is 32.1 Å². The molecule has 5 nitrogen and oxygen atoms in total. The number of piperidine rings is 1. The van der Waals surface area contributed by atoms with Crippen LogP contribution in [0.5, 0.6) is 5.75 Å². The van der Waals surface area contributed by atoms with Crippen molar-refractivity contribution in [1.82, 2.24) is 9.80 Å². The molecule has 2 aliphatic heterocycles. The Bertz CT molecular complexity index is 892. The van der Waals surface area contributed by atoms with Gasteiger partial charge in [-0.2, -0.15) is 0 Å². The summed E-state index contributed by atoms with van der Waals surface area (Å²) in [5.74, 6) is 0.736. The molecule has 2 fully saturated rings. The SMILES string of the molecule is COc1cccc(NC(=O)N2CCC3(CC2)CN(C(C)C)C3c2ccc(Cl)cc2)c1. The van der Waals surface area contributed by atoms with E-state index in [-0.39, 0.29) is 11.4 Å². The summed E-state index contributed by atoms with van der Waals surface area (Å²) in [7, 11) is 1.63. The summed E-state index contributed by atoms with van der Waals surface area (Å²) in [4.78, 5) is 17.3. The summed E-state index contributed by atoms with van der Waals surface area (Å²) >= 11 is 6.12. The number of nitrogens with one attached hydrogen (secondary N) is 1. The van der Waals surface area contributed by atoms with Gasteiger partial charge in [0.1, 0.15) is 5.75 Å². The molecule has 0 saturated carbocycles. The zero-order valence-electron chi connectivity index (χ0n) is 17.9. The maximum Gasteiger partial charge on any atom is 0.321 e. The lowest BCUT2D eigenvalue weighted by molar-refractivity contribution is -0.123. The Kier molecular flexibility index (Phi) is 5.94. The van der Waals surface area contributed by atoms with Crippen LogP contribution >= 0.6 is 11.6 Å². The Labute approximate surface area is 184 Å². The van der Waals surface area contributed by atoms with Gasteiger partial charge in [-0.1, -0.05) is 29.8 Å². The normalized spacial score (nSPS) is 20.8. The van der Waals surface area contributed by atoms with Crippen LogP contribution in [0.2, 0.25) is 5.02 Å². The number of hydrogen-bond donors (Lipinski definition) is 1. The molecule has 2 aromatic rings. The maximum atomic E-state index is 12.8. The summed E-state index contributed by atoms with van der Waals surface area (Å²) in [6.45, 7) is 7.14. The molecule has 0 aliphatic carbocycles. The molecule has 2 amide bonds. The van der Waals surface area contributed by atoms with Crippen molar-refractivity contribution in [3.63, 3.8) is 0 Å². The van der Waals surface area contributed by atoms with E-state index < -0.39 is 0 Å². The molecule has 2 aromatic carbocycles. The summed E-state index contributed by atoms with van der Waals surface area (Å²) in [6.07, 6.45) is 2.02. The number of hydrogen-bond acceptors (Lipinski definition) is 3. The third kappa shape index (κ3) is 4.01. The molecule has 30 heavy (non-hydrogen) atoms. The standard InChI is InChI=1S/C24H30ClN3O2/c1-17(2)28-16-24(22(28)18-7-9-19(25)10-8-18)11-13-27(14-12-24)23(29)26-20-5-4-6-21(15-20)30-3/h4-10,15,17,22H,11-14,16H2,1-3H3,(H,26,29). The van der Waals surface area contributed by atoms with Crippen molar-refractivity contribution < 1.29 is 9.53 Å². The molecule has 1 spiro atoms. The van der Waals surface area contributed by atoms with Gasteiger partial charge in [0.15, 0.2) is 0 Å². The van der Waals surface area contributed by atoms with Crippen molar-refractivity contribution in [3.05, 3.63) is 59.1 Å². The molecule has 2 saturated heterocycles. The van der Waals surface area contributed by atoms with Crippen molar-refractivity contribution in [2.45, 2.75) is 38.8 Å². The third-order valence-electron chi connectivity index (χ3n) is 6.63. The summed E-state index contributed by atoms with van der Waals surface area (Å²) < 4.78 is 5.24. The van der Waals surface area contributed by atoms with Crippen LogP contribution < -0.4 is 10.1 Å². The minimum Gasteiger partial charge on any atom is -0.497 e. The largest absolute Gasteiger partial charge is 0.497 e. The lowest BCUT2D eigenvalue weighted by Gasteiger charge is -2.62. The van der Waals surface area contributed by atoms with Crippen LogP contribution in [0, 0.1) is 5.41 Å². The summed E-state index contributed by atoms with van der Waals surface area (Å²) in [5.41, 5.74) is 2.31. The van der Waals surface area contributed by atoms with Crippen molar-refractivity contribution in [3.8, 4) is 5.75 Å². The van der Waals surface area contributed by atoms with Crippen LogP contribution in [-0.4, -0.2) is 48.6 Å². The van der Waals surface area contributed by atoms with E-state index in [1.807, 2.05) is 41.3 Å². The van der Waals surface area contributed by atoms with Crippen LogP contribution in [0.4, 0.5) is 10.5 Å². The Balaban J connectivity index is 1.43. The van der Waals surface area contributed by atoms with Crippen molar-refractivity contribution in [2.24, 2.45) is 5.41 Å². The number of halogens is 1. The number of rotatable bonds is 4. The average Bonchev–Trinajstić information content (AvgIpc) is 2.74. The number of likely N-dealkylation sites (tertiary alicyclic amines) is 2. The lowest BCUT2D eigenvalue weighted by atomic mass is 9.62. The van der Waals surface area contributed by atoms with Gasteiger partial charge in [-0.05, 0) is 56.5 Å². The Hall–Kier alpha value is -2.24. The van der Waals surface area contributed by atoms with Crippen molar-refractivity contribution in [1.29, 1.82) is 0 Å². The highest BCUT2D eigenvalue weighted by Gasteiger charge is 2.54. The van der Waals surface area contributed by atoms with E-state index in [4.69, 9.17) is 16.3 Å². The monoisotopic (exact) mass is 427 g/mol. The average molecular weight is 428 g/mol. The second-order valence-electron chi connectivity index (χ2n) is 8.73. The van der Waals surface area contributed by atoms with Gasteiger partial charge >= 0.3 is 6.03 Å². The van der Waals surface area contributed by atoms with Gasteiger partial charge in [0.25, 0.3) is 0 Å². The van der Waals surface area contributed by atoms with E-state index >= 15 is 0 Å². The number of nitrogens with zero attached hydrogens (tertiary/aromatic N) is 2. The molecule has 1 atom stereocenters. The molecule has 0 aromatic heterocycles. The molecule has 1 N–H and O–H groups in total. The van der Waals surface area contributed by atoms with E-state index in [9.17, 15) is 4.79 Å². The first-order chi connectivity index (χ1) is 14.4. The van der Waals surface area contributed by atoms with Crippen LogP contribution in [0.3, 0.4) is 0 Å². The number of ether oxygens (including phenoxy) is 1. The van der Waals surface area contributed by atoms with Crippen LogP contribution in [0.25, 0.3) is 0 Å². The molecular formula is C24H30ClN3O2. The number of amides is 2. The van der Waals surface area contributed by atoms with E-state index in [1.165, 1.54) is 5.56 Å². The molecule has 6 heteroatoms. The molecule has 2 aliphatic rings. The summed E-state index contributed by atoms with van der Waals surface area (Å²) in [6, 6.07) is 16.6. The smallest absolute Gasteiger partial charge is 0.321 e. The van der Waals surface area contributed by atoms with E-state index in [0.29, 0.717) is 12.1 Å². The molecule has 0 bridgehead atoms. The fourth-order valence-electron chi connectivity index (χ4n) is 4.94. The quantitative estimate of drug-likeness (QED) is 0.707. The van der Waals surface area contributed by atoms with E-state index in [0.717, 1.165) is 48.9 Å². The Morgan fingerprint density at radius 1 is 1.17 bits per heavy atom. The lowest BCUT2D eigenvalue weighted by Crippen LogP contribution is -2.64.